The Morgan fingerprint density at radius 2 is 1.82 bits per heavy atom. The molecule has 0 bridgehead atoms. The monoisotopic (exact) mass is 731 g/mol. The smallest absolute Gasteiger partial charge is 0.404 e. The van der Waals surface area contributed by atoms with Gasteiger partial charge in [-0.05, 0) is 20.4 Å². The highest BCUT2D eigenvalue weighted by Gasteiger charge is 2.52. The molecule has 3 aliphatic heterocycles. The van der Waals surface area contributed by atoms with E-state index in [-0.39, 0.29) is 25.5 Å². The average Bonchev–Trinajstić information content (AvgIpc) is 3.50. The van der Waals surface area contributed by atoms with E-state index in [2.05, 4.69) is 36.9 Å². The number of fused-ring (bicyclic) bond motifs is 1. The van der Waals surface area contributed by atoms with Crippen molar-refractivity contribution in [3.63, 3.8) is 0 Å². The fourth-order valence-corrected chi connectivity index (χ4v) is 5.60. The molecule has 23 nitrogen and oxygen atoms in total. The van der Waals surface area contributed by atoms with Crippen LogP contribution in [0.1, 0.15) is 20.3 Å². The summed E-state index contributed by atoms with van der Waals surface area (Å²) in [5.74, 6) is -7.05. The second-order valence-corrected chi connectivity index (χ2v) is 12.0. The summed E-state index contributed by atoms with van der Waals surface area (Å²) in [5.41, 5.74) is 5.25. The van der Waals surface area contributed by atoms with Crippen LogP contribution in [0.5, 0.6) is 0 Å². The molecule has 0 spiro atoms. The van der Waals surface area contributed by atoms with Crippen LogP contribution in [0.15, 0.2) is 4.99 Å². The van der Waals surface area contributed by atoms with Gasteiger partial charge >= 0.3 is 18.0 Å². The van der Waals surface area contributed by atoms with Gasteiger partial charge in [-0.1, -0.05) is 6.92 Å². The van der Waals surface area contributed by atoms with E-state index in [1.165, 1.54) is 27.9 Å². The van der Waals surface area contributed by atoms with Crippen LogP contribution < -0.4 is 37.6 Å². The van der Waals surface area contributed by atoms with Crippen LogP contribution in [0.4, 0.5) is 4.79 Å². The Morgan fingerprint density at radius 3 is 2.39 bits per heavy atom. The molecule has 0 aliphatic carbocycles. The summed E-state index contributed by atoms with van der Waals surface area (Å²) in [5, 5.41) is 56.0. The van der Waals surface area contributed by atoms with Gasteiger partial charge in [-0.15, -0.1) is 0 Å². The van der Waals surface area contributed by atoms with Gasteiger partial charge in [0.1, 0.15) is 36.8 Å². The standard InChI is InChI=1S/C28H45N9O14/c1-5-11(21(42)32-10(2)25(45)46)22(43)33-12(8-38)26(47)49-9-14-20(51-27(29)48)19(41)18(37(4)15(40)7-30-3)24(50-14)36-28-34-16-13(39)6-31-23(44)17(16)35-28/h10-14,16-20,24,30,38-39,41H,5-9H2,1-4H3,(H2,29,48)(H,31,44)(H,32,42)(H,33,43)(H,45,46)(H2,34,35,36)/t10-,11-,12-,13+,14+,16+,17-,18+,19+,20-,24+/m0/s1. The van der Waals surface area contributed by atoms with Crippen molar-refractivity contribution in [3.8, 4) is 0 Å². The number of carboxylic acid groups (broad SMARTS) is 1. The summed E-state index contributed by atoms with van der Waals surface area (Å²) in [4.78, 5) is 91.9. The molecule has 0 radical (unpaired) electrons. The number of carboxylic acids is 1. The number of nitrogens with zero attached hydrogens (tertiary/aromatic N) is 2. The van der Waals surface area contributed by atoms with Crippen LogP contribution in [0.25, 0.3) is 0 Å². The quantitative estimate of drug-likeness (QED) is 0.0550. The van der Waals surface area contributed by atoms with Crippen LogP contribution in [-0.2, 0) is 43.0 Å². The largest absolute Gasteiger partial charge is 0.480 e. The molecule has 23 heteroatoms. The predicted octanol–water partition coefficient (Wildman–Crippen LogP) is -7.01. The minimum absolute atomic E-state index is 0.0383. The molecule has 51 heavy (non-hydrogen) atoms. The SMILES string of the molecule is CC[C@@H](C(=O)N[C@@H](C)C(=O)O)C(=O)N[C@@H](CO)C(=O)OC[C@H]1O[C@@H](NC2=N[C@@H]3C(=O)NC[C@@H](O)[C@H]3N2)[C@H](N(C)C(=O)CNC)[C@@H](O)[C@H]1OC(N)=O. The summed E-state index contributed by atoms with van der Waals surface area (Å²) in [6.07, 6.45) is -8.81. The zero-order chi connectivity index (χ0) is 38.2. The Morgan fingerprint density at radius 1 is 1.16 bits per heavy atom. The van der Waals surface area contributed by atoms with Crippen molar-refractivity contribution in [2.45, 2.75) is 81.1 Å². The number of aliphatic hydroxyl groups is 3. The number of ether oxygens (including phenoxy) is 3. The van der Waals surface area contributed by atoms with E-state index < -0.39 is 122 Å². The van der Waals surface area contributed by atoms with E-state index in [1.807, 2.05) is 0 Å². The Labute approximate surface area is 291 Å². The molecule has 0 aromatic rings. The van der Waals surface area contributed by atoms with Crippen molar-refractivity contribution in [1.29, 1.82) is 0 Å². The number of amides is 5. The van der Waals surface area contributed by atoms with Gasteiger partial charge < -0.3 is 77.2 Å². The van der Waals surface area contributed by atoms with Crippen LogP contribution in [0, 0.1) is 5.92 Å². The maximum absolute atomic E-state index is 13.0. The van der Waals surface area contributed by atoms with Crippen LogP contribution in [0.2, 0.25) is 0 Å². The molecule has 5 amide bonds. The van der Waals surface area contributed by atoms with Gasteiger partial charge in [-0.2, -0.15) is 0 Å². The Hall–Kier alpha value is -4.84. The number of carbonyl (C=O) groups excluding carboxylic acids is 6. The van der Waals surface area contributed by atoms with Gasteiger partial charge in [0.15, 0.2) is 30.4 Å². The fourth-order valence-electron chi connectivity index (χ4n) is 5.60. The molecule has 2 fully saturated rings. The molecule has 3 heterocycles. The zero-order valence-corrected chi connectivity index (χ0v) is 28.2. The van der Waals surface area contributed by atoms with Gasteiger partial charge in [0.05, 0.1) is 25.3 Å². The first kappa shape index (κ1) is 40.6. The lowest BCUT2D eigenvalue weighted by molar-refractivity contribution is -0.219. The molecule has 0 aromatic heterocycles. The number of hydrogen-bond donors (Lipinski definition) is 11. The topological polar surface area (TPSA) is 342 Å². The lowest BCUT2D eigenvalue weighted by Crippen LogP contribution is -2.70. The second-order valence-electron chi connectivity index (χ2n) is 12.0. The minimum atomic E-state index is -1.76. The fraction of sp³-hybridized carbons (Fsp3) is 0.714. The second kappa shape index (κ2) is 17.9. The predicted molar refractivity (Wildman–Crippen MR) is 169 cm³/mol. The summed E-state index contributed by atoms with van der Waals surface area (Å²) < 4.78 is 16.4. The van der Waals surface area contributed by atoms with Crippen molar-refractivity contribution in [3.05, 3.63) is 0 Å². The first-order chi connectivity index (χ1) is 24.0. The number of nitrogens with one attached hydrogen (secondary N) is 6. The van der Waals surface area contributed by atoms with E-state index in [0.29, 0.717) is 0 Å². The number of aliphatic carboxylic acids is 1. The van der Waals surface area contributed by atoms with Gasteiger partial charge in [-0.25, -0.2) is 14.6 Å². The number of likely N-dealkylation sites (N-methyl/N-ethyl adjacent to an activating group) is 2. The highest BCUT2D eigenvalue weighted by atomic mass is 16.6. The molecular formula is C28H45N9O14. The average molecular weight is 732 g/mol. The summed E-state index contributed by atoms with van der Waals surface area (Å²) in [6, 6.07) is -6.22. The maximum atomic E-state index is 13.0. The lowest BCUT2D eigenvalue weighted by Gasteiger charge is -2.47. The molecule has 3 aliphatic rings. The van der Waals surface area contributed by atoms with E-state index in [4.69, 9.17) is 25.1 Å². The minimum Gasteiger partial charge on any atom is -0.480 e. The number of hydrogen-bond acceptors (Lipinski definition) is 17. The number of β-amino-alcohol motifs (C(OH)–C–C–N with tert-alkyl or cyclic N) is 1. The van der Waals surface area contributed by atoms with E-state index in [0.717, 1.165) is 4.90 Å². The zero-order valence-electron chi connectivity index (χ0n) is 28.2. The highest BCUT2D eigenvalue weighted by Crippen LogP contribution is 2.27. The van der Waals surface area contributed by atoms with E-state index >= 15 is 0 Å². The molecule has 2 saturated heterocycles. The van der Waals surface area contributed by atoms with Gasteiger partial charge in [0.2, 0.25) is 23.6 Å². The molecule has 11 atom stereocenters. The number of aliphatic imine (C=N–C) groups is 1. The molecule has 286 valence electrons. The van der Waals surface area contributed by atoms with Crippen molar-refractivity contribution < 1.29 is 68.2 Å². The molecule has 0 unspecified atom stereocenters. The van der Waals surface area contributed by atoms with Crippen LogP contribution in [-0.4, -0.2) is 174 Å². The van der Waals surface area contributed by atoms with Gasteiger partial charge in [0, 0.05) is 13.6 Å². The van der Waals surface area contributed by atoms with Crippen molar-refractivity contribution in [1.82, 2.24) is 36.8 Å². The number of carbonyl (C=O) groups is 7. The third kappa shape index (κ3) is 9.90. The van der Waals surface area contributed by atoms with Gasteiger partial charge in [-0.3, -0.25) is 24.0 Å². The number of primary amides is 1. The molecule has 12 N–H and O–H groups in total. The third-order valence-electron chi connectivity index (χ3n) is 8.41. The number of esters is 1. The first-order valence-electron chi connectivity index (χ1n) is 15.9. The third-order valence-corrected chi connectivity index (χ3v) is 8.41. The number of rotatable bonds is 15. The Bertz CT molecular complexity index is 1370. The summed E-state index contributed by atoms with van der Waals surface area (Å²) >= 11 is 0. The van der Waals surface area contributed by atoms with Crippen LogP contribution in [0.3, 0.4) is 0 Å². The lowest BCUT2D eigenvalue weighted by atomic mass is 9.94. The van der Waals surface area contributed by atoms with E-state index in [1.54, 1.807) is 0 Å². The Balaban J connectivity index is 1.82. The number of piperidine rings is 1. The van der Waals surface area contributed by atoms with Crippen molar-refractivity contribution in [2.75, 3.05) is 40.4 Å². The van der Waals surface area contributed by atoms with E-state index in [9.17, 15) is 48.9 Å². The first-order valence-corrected chi connectivity index (χ1v) is 15.9. The number of guanidine groups is 1. The summed E-state index contributed by atoms with van der Waals surface area (Å²) in [7, 11) is 2.84. The van der Waals surface area contributed by atoms with Crippen LogP contribution >= 0.6 is 0 Å². The molecule has 0 saturated carbocycles. The number of aliphatic hydroxyl groups excluding tert-OH is 3. The van der Waals surface area contributed by atoms with Crippen molar-refractivity contribution >= 4 is 47.6 Å². The molecule has 3 rings (SSSR count). The molecular weight excluding hydrogens is 686 g/mol. The highest BCUT2D eigenvalue weighted by molar-refractivity contribution is 6.02. The Kier molecular flexibility index (Phi) is 14.2. The molecule has 0 aromatic carbocycles. The maximum Gasteiger partial charge on any atom is 0.404 e. The van der Waals surface area contributed by atoms with Gasteiger partial charge in [0.25, 0.3) is 0 Å². The summed E-state index contributed by atoms with van der Waals surface area (Å²) in [6.45, 7) is 0.638. The normalized spacial score (nSPS) is 28.6. The van der Waals surface area contributed by atoms with Crippen molar-refractivity contribution in [2.24, 2.45) is 16.6 Å². The number of nitrogens with two attached hydrogens (primary N) is 1.